The van der Waals surface area contributed by atoms with Crippen LogP contribution in [-0.4, -0.2) is 50.3 Å². The molecule has 1 atom stereocenters. The summed E-state index contributed by atoms with van der Waals surface area (Å²) in [5, 5.41) is 16.3. The highest BCUT2D eigenvalue weighted by Gasteiger charge is 2.30. The number of hydrogen-bond donors (Lipinski definition) is 2. The molecule has 0 bridgehead atoms. The van der Waals surface area contributed by atoms with E-state index in [9.17, 15) is 9.90 Å². The number of aliphatic hydroxyl groups is 1. The molecule has 2 fully saturated rings. The van der Waals surface area contributed by atoms with E-state index in [-0.39, 0.29) is 11.7 Å². The Bertz CT molecular complexity index is 427. The number of piperidine rings is 1. The maximum absolute atomic E-state index is 12.1. The van der Waals surface area contributed by atoms with E-state index < -0.39 is 6.10 Å². The van der Waals surface area contributed by atoms with Crippen LogP contribution in [-0.2, 0) is 0 Å². The standard InChI is InChI=1S/C11H16N4O2/c16-8-2-1-5-15(6-8)11(17)10-12-9(13-14-10)7-3-4-7/h7-8,16H,1-6H2,(H,12,13,14). The van der Waals surface area contributed by atoms with E-state index >= 15 is 0 Å². The first kappa shape index (κ1) is 10.7. The Morgan fingerprint density at radius 1 is 1.41 bits per heavy atom. The molecule has 1 aromatic rings. The Hall–Kier alpha value is -1.43. The van der Waals surface area contributed by atoms with E-state index in [0.717, 1.165) is 31.5 Å². The number of aromatic nitrogens is 3. The van der Waals surface area contributed by atoms with Gasteiger partial charge in [0.25, 0.3) is 5.91 Å². The van der Waals surface area contributed by atoms with Gasteiger partial charge in [-0.05, 0) is 25.7 Å². The molecule has 1 saturated carbocycles. The molecule has 2 aliphatic rings. The summed E-state index contributed by atoms with van der Waals surface area (Å²) in [6.07, 6.45) is 3.46. The summed E-state index contributed by atoms with van der Waals surface area (Å²) in [6, 6.07) is 0. The van der Waals surface area contributed by atoms with Crippen LogP contribution in [0.1, 0.15) is 48.0 Å². The third-order valence-corrected chi connectivity index (χ3v) is 3.34. The monoisotopic (exact) mass is 236 g/mol. The number of aliphatic hydroxyl groups excluding tert-OH is 1. The zero-order valence-electron chi connectivity index (χ0n) is 9.59. The Kier molecular flexibility index (Phi) is 2.58. The van der Waals surface area contributed by atoms with Crippen molar-refractivity contribution in [2.24, 2.45) is 0 Å². The van der Waals surface area contributed by atoms with E-state index in [0.29, 0.717) is 19.0 Å². The highest BCUT2D eigenvalue weighted by molar-refractivity contribution is 5.90. The van der Waals surface area contributed by atoms with Crippen LogP contribution in [0.4, 0.5) is 0 Å². The number of aromatic amines is 1. The molecule has 0 radical (unpaired) electrons. The topological polar surface area (TPSA) is 82.1 Å². The largest absolute Gasteiger partial charge is 0.391 e. The number of nitrogens with zero attached hydrogens (tertiary/aromatic N) is 3. The third-order valence-electron chi connectivity index (χ3n) is 3.34. The predicted octanol–water partition coefficient (Wildman–Crippen LogP) is 0.279. The molecule has 1 aliphatic carbocycles. The number of carbonyl (C=O) groups is 1. The number of hydrogen-bond acceptors (Lipinski definition) is 4. The molecule has 1 unspecified atom stereocenters. The Morgan fingerprint density at radius 3 is 2.94 bits per heavy atom. The summed E-state index contributed by atoms with van der Waals surface area (Å²) in [4.78, 5) is 17.9. The van der Waals surface area contributed by atoms with Crippen molar-refractivity contribution < 1.29 is 9.90 Å². The number of nitrogens with one attached hydrogen (secondary N) is 1. The van der Waals surface area contributed by atoms with Crippen molar-refractivity contribution in [1.82, 2.24) is 20.1 Å². The van der Waals surface area contributed by atoms with Crippen molar-refractivity contribution in [3.8, 4) is 0 Å². The van der Waals surface area contributed by atoms with Crippen molar-refractivity contribution in [2.75, 3.05) is 13.1 Å². The number of H-pyrrole nitrogens is 1. The lowest BCUT2D eigenvalue weighted by atomic mass is 10.1. The summed E-state index contributed by atoms with van der Waals surface area (Å²) in [5.74, 6) is 1.36. The number of carbonyl (C=O) groups excluding carboxylic acids is 1. The molecule has 6 heteroatoms. The fourth-order valence-corrected chi connectivity index (χ4v) is 2.19. The van der Waals surface area contributed by atoms with E-state index in [1.54, 1.807) is 4.90 Å². The lowest BCUT2D eigenvalue weighted by Crippen LogP contribution is -2.42. The van der Waals surface area contributed by atoms with E-state index in [4.69, 9.17) is 0 Å². The second-order valence-corrected chi connectivity index (χ2v) is 4.87. The van der Waals surface area contributed by atoms with Crippen LogP contribution < -0.4 is 0 Å². The maximum Gasteiger partial charge on any atom is 0.293 e. The molecule has 1 aliphatic heterocycles. The van der Waals surface area contributed by atoms with Gasteiger partial charge in [-0.25, -0.2) is 4.98 Å². The molecule has 2 N–H and O–H groups in total. The second-order valence-electron chi connectivity index (χ2n) is 4.87. The summed E-state index contributed by atoms with van der Waals surface area (Å²) in [6.45, 7) is 1.08. The zero-order chi connectivity index (χ0) is 11.8. The van der Waals surface area contributed by atoms with Gasteiger partial charge in [-0.15, -0.1) is 5.10 Å². The van der Waals surface area contributed by atoms with Crippen LogP contribution >= 0.6 is 0 Å². The van der Waals surface area contributed by atoms with Gasteiger partial charge in [-0.1, -0.05) is 0 Å². The number of rotatable bonds is 2. The molecule has 2 heterocycles. The highest BCUT2D eigenvalue weighted by atomic mass is 16.3. The van der Waals surface area contributed by atoms with Gasteiger partial charge in [0.15, 0.2) is 0 Å². The summed E-state index contributed by atoms with van der Waals surface area (Å²) >= 11 is 0. The van der Waals surface area contributed by atoms with Gasteiger partial charge in [0, 0.05) is 19.0 Å². The number of likely N-dealkylation sites (tertiary alicyclic amines) is 1. The predicted molar refractivity (Wildman–Crippen MR) is 59.5 cm³/mol. The van der Waals surface area contributed by atoms with Crippen LogP contribution in [0, 0.1) is 0 Å². The normalized spacial score (nSPS) is 25.0. The molecule has 0 aromatic carbocycles. The van der Waals surface area contributed by atoms with Crippen molar-refractivity contribution in [3.63, 3.8) is 0 Å². The fraction of sp³-hybridized carbons (Fsp3) is 0.727. The van der Waals surface area contributed by atoms with Crippen LogP contribution in [0.2, 0.25) is 0 Å². The van der Waals surface area contributed by atoms with Gasteiger partial charge in [0.05, 0.1) is 6.10 Å². The van der Waals surface area contributed by atoms with Gasteiger partial charge >= 0.3 is 0 Å². The number of amides is 1. The molecule has 3 rings (SSSR count). The lowest BCUT2D eigenvalue weighted by molar-refractivity contribution is 0.0464. The Labute approximate surface area is 99.0 Å². The molecule has 0 spiro atoms. The first-order chi connectivity index (χ1) is 8.24. The molecule has 6 nitrogen and oxygen atoms in total. The van der Waals surface area contributed by atoms with E-state index in [2.05, 4.69) is 15.2 Å². The van der Waals surface area contributed by atoms with Gasteiger partial charge in [-0.3, -0.25) is 9.89 Å². The smallest absolute Gasteiger partial charge is 0.293 e. The van der Waals surface area contributed by atoms with Gasteiger partial charge in [-0.2, -0.15) is 0 Å². The van der Waals surface area contributed by atoms with Crippen molar-refractivity contribution in [3.05, 3.63) is 11.6 Å². The number of β-amino-alcohol motifs (C(OH)–C–C–N with tert-alkyl or cyclic N) is 1. The van der Waals surface area contributed by atoms with Crippen LogP contribution in [0.15, 0.2) is 0 Å². The van der Waals surface area contributed by atoms with Crippen molar-refractivity contribution in [2.45, 2.75) is 37.7 Å². The summed E-state index contributed by atoms with van der Waals surface area (Å²) in [5.41, 5.74) is 0. The average Bonchev–Trinajstić information content (AvgIpc) is 3.07. The maximum atomic E-state index is 12.1. The van der Waals surface area contributed by atoms with Gasteiger partial charge in [0.1, 0.15) is 5.82 Å². The lowest BCUT2D eigenvalue weighted by Gasteiger charge is -2.29. The SMILES string of the molecule is O=C(c1n[nH]c(C2CC2)n1)N1CCCC(O)C1. The summed E-state index contributed by atoms with van der Waals surface area (Å²) in [7, 11) is 0. The highest BCUT2D eigenvalue weighted by Crippen LogP contribution is 2.37. The molecule has 1 saturated heterocycles. The molecule has 92 valence electrons. The minimum atomic E-state index is -0.408. The van der Waals surface area contributed by atoms with Crippen molar-refractivity contribution in [1.29, 1.82) is 0 Å². The third kappa shape index (κ3) is 2.17. The van der Waals surface area contributed by atoms with Gasteiger partial charge in [0.2, 0.25) is 5.82 Å². The average molecular weight is 236 g/mol. The molecular formula is C11H16N4O2. The minimum absolute atomic E-state index is 0.174. The van der Waals surface area contributed by atoms with E-state index in [1.807, 2.05) is 0 Å². The first-order valence-electron chi connectivity index (χ1n) is 6.13. The molecule has 1 amide bonds. The van der Waals surface area contributed by atoms with E-state index in [1.165, 1.54) is 0 Å². The van der Waals surface area contributed by atoms with Crippen LogP contribution in [0.25, 0.3) is 0 Å². The summed E-state index contributed by atoms with van der Waals surface area (Å²) < 4.78 is 0. The Morgan fingerprint density at radius 2 is 2.24 bits per heavy atom. The quantitative estimate of drug-likeness (QED) is 0.772. The Balaban J connectivity index is 1.71. The molecule has 17 heavy (non-hydrogen) atoms. The fourth-order valence-electron chi connectivity index (χ4n) is 2.19. The zero-order valence-corrected chi connectivity index (χ0v) is 9.59. The van der Waals surface area contributed by atoms with Crippen LogP contribution in [0.3, 0.4) is 0 Å². The molecule has 1 aromatic heterocycles. The van der Waals surface area contributed by atoms with Crippen molar-refractivity contribution >= 4 is 5.91 Å². The first-order valence-corrected chi connectivity index (χ1v) is 6.13. The van der Waals surface area contributed by atoms with Gasteiger partial charge < -0.3 is 10.0 Å². The minimum Gasteiger partial charge on any atom is -0.391 e. The van der Waals surface area contributed by atoms with Crippen LogP contribution in [0.5, 0.6) is 0 Å². The molecular weight excluding hydrogens is 220 g/mol. The second kappa shape index (κ2) is 4.10.